The zero-order chi connectivity index (χ0) is 20.4. The SMILES string of the molecule is N=C(c1ccnc2nc(CNCC3CCOC3)[nH]c12)N(O)c1ccc(F)c(Cl)c1. The molecule has 2 aromatic heterocycles. The van der Waals surface area contributed by atoms with Crippen LogP contribution in [-0.4, -0.2) is 45.8 Å². The van der Waals surface area contributed by atoms with E-state index in [1.807, 2.05) is 0 Å². The summed E-state index contributed by atoms with van der Waals surface area (Å²) in [5.74, 6) is 0.371. The number of aromatic nitrogens is 3. The Morgan fingerprint density at radius 2 is 2.31 bits per heavy atom. The molecule has 0 radical (unpaired) electrons. The number of hydrogen-bond acceptors (Lipinski definition) is 6. The third-order valence-corrected chi connectivity index (χ3v) is 5.09. The number of nitrogens with one attached hydrogen (secondary N) is 3. The Hall–Kier alpha value is -2.59. The van der Waals surface area contributed by atoms with Crippen LogP contribution in [0.25, 0.3) is 11.2 Å². The number of imidazole rings is 1. The van der Waals surface area contributed by atoms with Gasteiger partial charge in [0.15, 0.2) is 11.5 Å². The number of H-pyrrole nitrogens is 1. The van der Waals surface area contributed by atoms with Gasteiger partial charge >= 0.3 is 0 Å². The van der Waals surface area contributed by atoms with Gasteiger partial charge in [-0.1, -0.05) is 11.6 Å². The van der Waals surface area contributed by atoms with Crippen molar-refractivity contribution in [1.82, 2.24) is 20.3 Å². The number of fused-ring (bicyclic) bond motifs is 1. The molecule has 1 aliphatic heterocycles. The van der Waals surface area contributed by atoms with Gasteiger partial charge in [-0.05, 0) is 36.6 Å². The van der Waals surface area contributed by atoms with Crippen LogP contribution >= 0.6 is 11.6 Å². The van der Waals surface area contributed by atoms with Gasteiger partial charge in [-0.2, -0.15) is 0 Å². The number of ether oxygens (including phenoxy) is 1. The van der Waals surface area contributed by atoms with Crippen molar-refractivity contribution in [3.8, 4) is 0 Å². The van der Waals surface area contributed by atoms with Crippen molar-refractivity contribution < 1.29 is 14.3 Å². The lowest BCUT2D eigenvalue weighted by molar-refractivity contribution is 0.185. The van der Waals surface area contributed by atoms with Crippen molar-refractivity contribution in [3.63, 3.8) is 0 Å². The number of hydroxylamine groups is 1. The van der Waals surface area contributed by atoms with E-state index in [1.165, 1.54) is 18.3 Å². The van der Waals surface area contributed by atoms with Crippen LogP contribution < -0.4 is 10.4 Å². The molecule has 3 aromatic rings. The number of amidine groups is 1. The van der Waals surface area contributed by atoms with Gasteiger partial charge in [0.1, 0.15) is 11.6 Å². The maximum absolute atomic E-state index is 13.4. The molecular weight excluding hydrogens is 399 g/mol. The first-order chi connectivity index (χ1) is 14.0. The summed E-state index contributed by atoms with van der Waals surface area (Å²) in [6.45, 7) is 2.94. The van der Waals surface area contributed by atoms with Gasteiger partial charge in [-0.3, -0.25) is 10.6 Å². The number of nitrogens with zero attached hydrogens (tertiary/aromatic N) is 3. The van der Waals surface area contributed by atoms with Gasteiger partial charge in [-0.25, -0.2) is 19.4 Å². The van der Waals surface area contributed by atoms with Gasteiger partial charge < -0.3 is 15.0 Å². The Morgan fingerprint density at radius 3 is 3.07 bits per heavy atom. The van der Waals surface area contributed by atoms with Crippen molar-refractivity contribution in [3.05, 3.63) is 52.7 Å². The summed E-state index contributed by atoms with van der Waals surface area (Å²) >= 11 is 5.78. The van der Waals surface area contributed by atoms with Crippen LogP contribution in [0.15, 0.2) is 30.5 Å². The third kappa shape index (κ3) is 4.23. The second-order valence-corrected chi connectivity index (χ2v) is 7.27. The Bertz CT molecular complexity index is 1040. The molecule has 1 saturated heterocycles. The zero-order valence-corrected chi connectivity index (χ0v) is 16.2. The lowest BCUT2D eigenvalue weighted by Gasteiger charge is -2.18. The van der Waals surface area contributed by atoms with Crippen molar-refractivity contribution >= 4 is 34.3 Å². The second kappa shape index (κ2) is 8.42. The highest BCUT2D eigenvalue weighted by Gasteiger charge is 2.19. The average Bonchev–Trinajstić information content (AvgIpc) is 3.38. The van der Waals surface area contributed by atoms with E-state index in [4.69, 9.17) is 21.7 Å². The van der Waals surface area contributed by atoms with Crippen molar-refractivity contribution in [2.24, 2.45) is 5.92 Å². The van der Waals surface area contributed by atoms with Gasteiger partial charge in [0.2, 0.25) is 0 Å². The lowest BCUT2D eigenvalue weighted by atomic mass is 10.1. The smallest absolute Gasteiger partial charge is 0.178 e. The van der Waals surface area contributed by atoms with Crippen molar-refractivity contribution in [1.29, 1.82) is 5.41 Å². The van der Waals surface area contributed by atoms with Crippen LogP contribution in [0.1, 0.15) is 17.8 Å². The Labute approximate surface area is 171 Å². The van der Waals surface area contributed by atoms with E-state index in [-0.39, 0.29) is 16.5 Å². The van der Waals surface area contributed by atoms with E-state index in [1.54, 1.807) is 6.07 Å². The van der Waals surface area contributed by atoms with Gasteiger partial charge in [0.05, 0.1) is 29.4 Å². The van der Waals surface area contributed by atoms with Gasteiger partial charge in [-0.15, -0.1) is 0 Å². The molecular formula is C19H20ClFN6O2. The molecule has 8 nitrogen and oxygen atoms in total. The molecule has 0 saturated carbocycles. The number of benzene rings is 1. The summed E-state index contributed by atoms with van der Waals surface area (Å²) in [5, 5.41) is 22.7. The zero-order valence-electron chi connectivity index (χ0n) is 15.5. The summed E-state index contributed by atoms with van der Waals surface area (Å²) < 4.78 is 18.7. The molecule has 3 heterocycles. The molecule has 1 atom stereocenters. The highest BCUT2D eigenvalue weighted by molar-refractivity contribution is 6.31. The highest BCUT2D eigenvalue weighted by atomic mass is 35.5. The molecule has 0 amide bonds. The second-order valence-electron chi connectivity index (χ2n) is 6.86. The maximum Gasteiger partial charge on any atom is 0.178 e. The third-order valence-electron chi connectivity index (χ3n) is 4.81. The number of hydrogen-bond donors (Lipinski definition) is 4. The predicted molar refractivity (Wildman–Crippen MR) is 107 cm³/mol. The number of aromatic amines is 1. The fourth-order valence-corrected chi connectivity index (χ4v) is 3.41. The Balaban J connectivity index is 1.52. The fraction of sp³-hybridized carbons (Fsp3) is 0.316. The van der Waals surface area contributed by atoms with E-state index >= 15 is 0 Å². The van der Waals surface area contributed by atoms with Crippen LogP contribution in [0.4, 0.5) is 10.1 Å². The minimum Gasteiger partial charge on any atom is -0.381 e. The quantitative estimate of drug-likeness (QED) is 0.278. The van der Waals surface area contributed by atoms with Crippen LogP contribution in [0, 0.1) is 17.1 Å². The molecule has 1 aliphatic rings. The molecule has 0 bridgehead atoms. The van der Waals surface area contributed by atoms with E-state index in [0.717, 1.165) is 32.2 Å². The normalized spacial score (nSPS) is 16.4. The first-order valence-corrected chi connectivity index (χ1v) is 9.55. The summed E-state index contributed by atoms with van der Waals surface area (Å²) in [7, 11) is 0. The van der Waals surface area contributed by atoms with Gasteiger partial charge in [0, 0.05) is 24.9 Å². The largest absolute Gasteiger partial charge is 0.381 e. The van der Waals surface area contributed by atoms with E-state index in [9.17, 15) is 9.60 Å². The molecule has 1 aromatic carbocycles. The van der Waals surface area contributed by atoms with Crippen LogP contribution in [-0.2, 0) is 11.3 Å². The predicted octanol–water partition coefficient (Wildman–Crippen LogP) is 3.10. The minimum atomic E-state index is -0.600. The van der Waals surface area contributed by atoms with Crippen molar-refractivity contribution in [2.45, 2.75) is 13.0 Å². The fourth-order valence-electron chi connectivity index (χ4n) is 3.24. The number of pyridine rings is 1. The topological polar surface area (TPSA) is 110 Å². The maximum atomic E-state index is 13.4. The number of halogens is 2. The average molecular weight is 419 g/mol. The monoisotopic (exact) mass is 418 g/mol. The Morgan fingerprint density at radius 1 is 1.45 bits per heavy atom. The van der Waals surface area contributed by atoms with Crippen LogP contribution in [0.5, 0.6) is 0 Å². The molecule has 1 unspecified atom stereocenters. The first kappa shape index (κ1) is 19.7. The summed E-state index contributed by atoms with van der Waals surface area (Å²) in [4.78, 5) is 11.8. The first-order valence-electron chi connectivity index (χ1n) is 9.18. The number of rotatable bonds is 6. The summed E-state index contributed by atoms with van der Waals surface area (Å²) in [6, 6.07) is 5.32. The minimum absolute atomic E-state index is 0.142. The lowest BCUT2D eigenvalue weighted by Crippen LogP contribution is -2.27. The molecule has 4 rings (SSSR count). The Kier molecular flexibility index (Phi) is 5.72. The molecule has 152 valence electrons. The standard InChI is InChI=1S/C19H20ClFN6O2/c20-14-7-12(1-2-15(14)21)27(28)18(22)13-3-5-24-19-17(13)25-16(26-19)9-23-8-11-4-6-29-10-11/h1-3,5,7,11,22-23,28H,4,6,8-10H2,(H,24,25,26). The van der Waals surface area contributed by atoms with E-state index in [0.29, 0.717) is 40.1 Å². The summed E-state index contributed by atoms with van der Waals surface area (Å²) in [5.41, 5.74) is 1.55. The molecule has 29 heavy (non-hydrogen) atoms. The van der Waals surface area contributed by atoms with Crippen molar-refractivity contribution in [2.75, 3.05) is 24.8 Å². The molecule has 0 spiro atoms. The highest BCUT2D eigenvalue weighted by Crippen LogP contribution is 2.24. The van der Waals surface area contributed by atoms with Crippen LogP contribution in [0.3, 0.4) is 0 Å². The van der Waals surface area contributed by atoms with Gasteiger partial charge in [0.25, 0.3) is 0 Å². The van der Waals surface area contributed by atoms with E-state index < -0.39 is 5.82 Å². The van der Waals surface area contributed by atoms with Crippen LogP contribution in [0.2, 0.25) is 5.02 Å². The molecule has 1 fully saturated rings. The number of anilines is 1. The van der Waals surface area contributed by atoms with E-state index in [2.05, 4.69) is 20.3 Å². The summed E-state index contributed by atoms with van der Waals surface area (Å²) in [6.07, 6.45) is 2.57. The molecule has 4 N–H and O–H groups in total. The molecule has 0 aliphatic carbocycles. The molecule has 10 heteroatoms.